The Hall–Kier alpha value is -5.28. The van der Waals surface area contributed by atoms with Crippen LogP contribution in [0.4, 0.5) is 11.4 Å². The van der Waals surface area contributed by atoms with Gasteiger partial charge < -0.3 is 10.2 Å². The zero-order valence-electron chi connectivity index (χ0n) is 44.7. The second-order valence-electron chi connectivity index (χ2n) is 24.7. The van der Waals surface area contributed by atoms with Gasteiger partial charge in [0, 0.05) is 98.0 Å². The number of benzene rings is 6. The molecule has 8 heteroatoms. The number of rotatable bonds is 6. The molecule has 0 radical (unpaired) electrons. The van der Waals surface area contributed by atoms with E-state index in [4.69, 9.17) is 20.0 Å². The molecule has 9 rings (SSSR count). The van der Waals surface area contributed by atoms with Crippen molar-refractivity contribution in [3.05, 3.63) is 166 Å². The van der Waals surface area contributed by atoms with Crippen LogP contribution in [0.3, 0.4) is 0 Å². The predicted molar refractivity (Wildman–Crippen MR) is 291 cm³/mol. The van der Waals surface area contributed by atoms with E-state index in [9.17, 15) is 10.2 Å². The molecule has 7 aromatic rings. The number of para-hydroxylation sites is 2. The summed E-state index contributed by atoms with van der Waals surface area (Å²) in [5, 5.41) is 23.9. The van der Waals surface area contributed by atoms with E-state index < -0.39 is 10.8 Å². The maximum absolute atomic E-state index is 12.0. The molecular weight excluding hydrogens is 1250 g/mol. The maximum Gasteiger partial charge on any atom is 0.128 e. The van der Waals surface area contributed by atoms with Crippen LogP contribution in [0, 0.1) is 12.1 Å². The van der Waals surface area contributed by atoms with Gasteiger partial charge in [0.15, 0.2) is 0 Å². The van der Waals surface area contributed by atoms with E-state index in [1.807, 2.05) is 30.3 Å². The molecule has 0 saturated carbocycles. The van der Waals surface area contributed by atoms with Crippen LogP contribution in [0.1, 0.15) is 155 Å². The van der Waals surface area contributed by atoms with Gasteiger partial charge in [0.1, 0.15) is 11.5 Å². The van der Waals surface area contributed by atoms with Crippen LogP contribution in [0.15, 0.2) is 119 Å². The second kappa shape index (κ2) is 18.9. The molecule has 0 amide bonds. The molecule has 1 aromatic heterocycles. The Bertz CT molecular complexity index is 3110. The van der Waals surface area contributed by atoms with Crippen molar-refractivity contribution in [3.63, 3.8) is 0 Å². The molecule has 0 aliphatic carbocycles. The van der Waals surface area contributed by atoms with Crippen molar-refractivity contribution in [2.75, 3.05) is 0 Å². The number of phenolic OH excluding ortho intramolecular Hbond substituents is 2. The summed E-state index contributed by atoms with van der Waals surface area (Å²) in [5.41, 5.74) is 16.6. The molecule has 0 spiro atoms. The van der Waals surface area contributed by atoms with Crippen LogP contribution in [0.2, 0.25) is 0 Å². The second-order valence-corrected chi connectivity index (χ2v) is 24.7. The SMILES string of the molecule is CC(C)(C)c1cc(C2=Nc3c(-c4[c-]c(-c5cc(-c6[c-]c(-c7cccc8c7N=C(c7cc(C(C)(C)C)cc(C(C)(C)C)c7O)C8(C)C)ccc6)ncn5)ccc4)cccc3C2(C)C)c(O)c(C(C)(C)C)c1.[Pt].[Pt]. The number of hydrogen-bond donors (Lipinski definition) is 2. The Morgan fingerprint density at radius 1 is 0.417 bits per heavy atom. The third-order valence-electron chi connectivity index (χ3n) is 14.5. The van der Waals surface area contributed by atoms with E-state index in [2.05, 4.69) is 196 Å². The minimum absolute atomic E-state index is 0. The zero-order valence-corrected chi connectivity index (χ0v) is 49.3. The Morgan fingerprint density at radius 3 is 1.11 bits per heavy atom. The van der Waals surface area contributed by atoms with Gasteiger partial charge in [0.05, 0.1) is 17.8 Å². The van der Waals surface area contributed by atoms with Crippen LogP contribution in [0.25, 0.3) is 44.8 Å². The first-order valence-electron chi connectivity index (χ1n) is 24.7. The van der Waals surface area contributed by atoms with E-state index in [0.717, 1.165) is 101 Å². The van der Waals surface area contributed by atoms with Gasteiger partial charge >= 0.3 is 0 Å². The van der Waals surface area contributed by atoms with E-state index in [1.165, 1.54) is 11.1 Å². The van der Waals surface area contributed by atoms with Gasteiger partial charge in [-0.2, -0.15) is 0 Å². The van der Waals surface area contributed by atoms with Gasteiger partial charge in [0.2, 0.25) is 0 Å². The van der Waals surface area contributed by atoms with Crippen LogP contribution >= 0.6 is 0 Å². The third-order valence-corrected chi connectivity index (χ3v) is 14.5. The fourth-order valence-electron chi connectivity index (χ4n) is 10.2. The molecule has 0 saturated heterocycles. The largest absolute Gasteiger partial charge is 0.507 e. The molecule has 2 N–H and O–H groups in total. The molecule has 6 nitrogen and oxygen atoms in total. The molecule has 2 aliphatic heterocycles. The van der Waals surface area contributed by atoms with Crippen molar-refractivity contribution in [1.82, 2.24) is 9.97 Å². The van der Waals surface area contributed by atoms with Crippen LogP contribution < -0.4 is 0 Å². The Morgan fingerprint density at radius 2 is 0.764 bits per heavy atom. The molecule has 6 aromatic carbocycles. The number of aliphatic imine (C=N–C) groups is 2. The van der Waals surface area contributed by atoms with Crippen LogP contribution in [-0.4, -0.2) is 31.6 Å². The maximum atomic E-state index is 12.0. The Labute approximate surface area is 457 Å². The Kier molecular flexibility index (Phi) is 14.3. The molecule has 378 valence electrons. The molecule has 2 aliphatic rings. The number of aromatic hydroxyl groups is 2. The number of phenols is 2. The third kappa shape index (κ3) is 9.68. The smallest absolute Gasteiger partial charge is 0.128 e. The number of fused-ring (bicyclic) bond motifs is 2. The summed E-state index contributed by atoms with van der Waals surface area (Å²) < 4.78 is 0. The van der Waals surface area contributed by atoms with Crippen LogP contribution in [0.5, 0.6) is 11.5 Å². The van der Waals surface area contributed by atoms with E-state index in [1.54, 1.807) is 6.33 Å². The first-order chi connectivity index (χ1) is 32.6. The fraction of sp³-hybridized carbons (Fsp3) is 0.344. The topological polar surface area (TPSA) is 91.0 Å². The minimum atomic E-state index is -0.472. The summed E-state index contributed by atoms with van der Waals surface area (Å²) in [5.74, 6) is 0.594. The van der Waals surface area contributed by atoms with Gasteiger partial charge in [-0.1, -0.05) is 188 Å². The molecule has 0 fully saturated rings. The number of hydrogen-bond acceptors (Lipinski definition) is 6. The summed E-state index contributed by atoms with van der Waals surface area (Å²) in [6.07, 6.45) is 1.61. The quantitative estimate of drug-likeness (QED) is 0.162. The van der Waals surface area contributed by atoms with E-state index >= 15 is 0 Å². The Balaban J connectivity index is 0.00000380. The average molecular weight is 1320 g/mol. The van der Waals surface area contributed by atoms with Gasteiger partial charge in [0.25, 0.3) is 0 Å². The number of aromatic nitrogens is 2. The molecule has 72 heavy (non-hydrogen) atoms. The summed E-state index contributed by atoms with van der Waals surface area (Å²) in [6, 6.07) is 43.1. The molecule has 0 unspecified atom stereocenters. The molecule has 0 bridgehead atoms. The van der Waals surface area contributed by atoms with Crippen molar-refractivity contribution >= 4 is 22.8 Å². The van der Waals surface area contributed by atoms with Crippen molar-refractivity contribution in [3.8, 4) is 56.3 Å². The number of nitrogens with zero attached hydrogens (tertiary/aromatic N) is 4. The summed E-state index contributed by atoms with van der Waals surface area (Å²) in [7, 11) is 0. The van der Waals surface area contributed by atoms with Crippen molar-refractivity contribution in [1.29, 1.82) is 0 Å². The standard InChI is InChI=1S/C64H68N4O2.2Pt/c1-59(2,3)41-31-45(55(69)49(33-41)61(7,8)9)57-63(13,14)47-27-19-25-43(53(47)67-57)37-21-17-23-39(29-37)51-35-52(66-36-65-51)40-24-18-22-38(30-40)44-26-20-28-48-54(44)68-58(64(48,15)16)46-32-42(60(4,5)6)34-50(56(46)70)62(10,11)12;;/h17-28,31-36,69-70H,1-16H3;;/q-2;;. The zero-order chi connectivity index (χ0) is 50.7. The molecule has 3 heterocycles. The van der Waals surface area contributed by atoms with Crippen molar-refractivity contribution in [2.45, 2.75) is 143 Å². The van der Waals surface area contributed by atoms with E-state index in [-0.39, 0.29) is 63.8 Å². The van der Waals surface area contributed by atoms with Crippen LogP contribution in [-0.2, 0) is 74.6 Å². The monoisotopic (exact) mass is 1310 g/mol. The van der Waals surface area contributed by atoms with Gasteiger partial charge in [-0.05, 0) is 56.0 Å². The summed E-state index contributed by atoms with van der Waals surface area (Å²) in [4.78, 5) is 20.4. The first kappa shape index (κ1) is 54.5. The first-order valence-corrected chi connectivity index (χ1v) is 24.7. The predicted octanol–water partition coefficient (Wildman–Crippen LogP) is 16.2. The summed E-state index contributed by atoms with van der Waals surface area (Å²) in [6.45, 7) is 35.0. The van der Waals surface area contributed by atoms with Crippen molar-refractivity contribution < 1.29 is 52.3 Å². The van der Waals surface area contributed by atoms with Gasteiger partial charge in [-0.3, -0.25) is 20.0 Å². The molecular formula is C64H68N4O2Pt2-2. The molecule has 0 atom stereocenters. The summed E-state index contributed by atoms with van der Waals surface area (Å²) >= 11 is 0. The fourth-order valence-corrected chi connectivity index (χ4v) is 10.2. The van der Waals surface area contributed by atoms with Gasteiger partial charge in [-0.25, -0.2) is 0 Å². The van der Waals surface area contributed by atoms with Crippen molar-refractivity contribution in [2.24, 2.45) is 9.98 Å². The average Bonchev–Trinajstić information content (AvgIpc) is 3.72. The minimum Gasteiger partial charge on any atom is -0.507 e. The normalized spacial score (nSPS) is 14.9. The van der Waals surface area contributed by atoms with Gasteiger partial charge in [-0.15, -0.1) is 59.7 Å². The van der Waals surface area contributed by atoms with E-state index in [0.29, 0.717) is 11.5 Å².